The van der Waals surface area contributed by atoms with Crippen LogP contribution in [0, 0.1) is 0 Å². The van der Waals surface area contributed by atoms with Gasteiger partial charge in [-0.1, -0.05) is 0 Å². The van der Waals surface area contributed by atoms with E-state index in [2.05, 4.69) is 10.6 Å². The van der Waals surface area contributed by atoms with Crippen molar-refractivity contribution in [2.45, 2.75) is 51.0 Å². The second-order valence-electron chi connectivity index (χ2n) is 6.47. The molecule has 2 aliphatic heterocycles. The summed E-state index contributed by atoms with van der Waals surface area (Å²) in [5, 5.41) is 5.95. The monoisotopic (exact) mass is 332 g/mol. The highest BCUT2D eigenvalue weighted by Crippen LogP contribution is 2.15. The predicted octanol–water partition coefficient (Wildman–Crippen LogP) is 1.50. The smallest absolute Gasteiger partial charge is 0.251 e. The minimum absolute atomic E-state index is 0.0367. The molecule has 0 unspecified atom stereocenters. The molecule has 2 N–H and O–H groups in total. The molecule has 0 bridgehead atoms. The molecular formula is C18H24N2O4. The van der Waals surface area contributed by atoms with Crippen molar-refractivity contribution in [3.63, 3.8) is 0 Å². The quantitative estimate of drug-likeness (QED) is 0.876. The van der Waals surface area contributed by atoms with Crippen molar-refractivity contribution >= 4 is 11.8 Å². The van der Waals surface area contributed by atoms with E-state index in [1.54, 1.807) is 24.3 Å². The van der Waals surface area contributed by atoms with E-state index in [4.69, 9.17) is 9.47 Å². The Bertz CT molecular complexity index is 549. The zero-order valence-corrected chi connectivity index (χ0v) is 14.1. The van der Waals surface area contributed by atoms with Gasteiger partial charge in [0.2, 0.25) is 0 Å². The predicted molar refractivity (Wildman–Crippen MR) is 89.0 cm³/mol. The summed E-state index contributed by atoms with van der Waals surface area (Å²) in [6.45, 7) is 5.27. The third kappa shape index (κ3) is 3.76. The van der Waals surface area contributed by atoms with Crippen molar-refractivity contribution in [2.24, 2.45) is 0 Å². The largest absolute Gasteiger partial charge is 0.376 e. The number of ether oxygens (including phenoxy) is 2. The minimum atomic E-state index is -0.137. The Morgan fingerprint density at radius 1 is 0.833 bits per heavy atom. The van der Waals surface area contributed by atoms with Crippen LogP contribution < -0.4 is 10.6 Å². The molecule has 1 aromatic carbocycles. The van der Waals surface area contributed by atoms with Crippen LogP contribution >= 0.6 is 0 Å². The van der Waals surface area contributed by atoms with Gasteiger partial charge in [-0.15, -0.1) is 0 Å². The van der Waals surface area contributed by atoms with E-state index in [9.17, 15) is 9.59 Å². The number of nitrogens with one attached hydrogen (secondary N) is 2. The van der Waals surface area contributed by atoms with E-state index < -0.39 is 0 Å². The molecule has 0 radical (unpaired) electrons. The van der Waals surface area contributed by atoms with Gasteiger partial charge in [-0.05, 0) is 51.0 Å². The Labute approximate surface area is 141 Å². The van der Waals surface area contributed by atoms with Crippen LogP contribution in [0.5, 0.6) is 0 Å². The zero-order chi connectivity index (χ0) is 17.1. The van der Waals surface area contributed by atoms with Crippen LogP contribution in [0.1, 0.15) is 47.4 Å². The number of rotatable bonds is 4. The molecule has 130 valence electrons. The van der Waals surface area contributed by atoms with E-state index in [1.807, 2.05) is 13.8 Å². The molecule has 0 aliphatic carbocycles. The van der Waals surface area contributed by atoms with Crippen LogP contribution in [0.2, 0.25) is 0 Å². The summed E-state index contributed by atoms with van der Waals surface area (Å²) in [4.78, 5) is 24.5. The third-order valence-electron chi connectivity index (χ3n) is 4.79. The standard InChI is InChI=1S/C18H24N2O4/c1-11-15(7-9-23-11)19-17(21)13-3-5-14(6-4-13)18(22)20-16-8-10-24-12(16)2/h3-6,11-12,15-16H,7-10H2,1-2H3,(H,19,21)(H,20,22)/t11-,12-,15-,16-/m0/s1. The van der Waals surface area contributed by atoms with Gasteiger partial charge in [0.25, 0.3) is 11.8 Å². The lowest BCUT2D eigenvalue weighted by atomic mass is 10.1. The van der Waals surface area contributed by atoms with Crippen LogP contribution in [-0.4, -0.2) is 49.3 Å². The number of carbonyl (C=O) groups is 2. The van der Waals surface area contributed by atoms with Gasteiger partial charge in [0, 0.05) is 24.3 Å². The van der Waals surface area contributed by atoms with Crippen LogP contribution in [0.15, 0.2) is 24.3 Å². The maximum atomic E-state index is 12.3. The Balaban J connectivity index is 1.58. The molecule has 0 saturated carbocycles. The van der Waals surface area contributed by atoms with Gasteiger partial charge < -0.3 is 20.1 Å². The molecule has 6 nitrogen and oxygen atoms in total. The molecule has 2 fully saturated rings. The van der Waals surface area contributed by atoms with Gasteiger partial charge in [0.05, 0.1) is 24.3 Å². The molecule has 3 rings (SSSR count). The number of carbonyl (C=O) groups excluding carboxylic acids is 2. The molecule has 1 aromatic rings. The van der Waals surface area contributed by atoms with Crippen molar-refractivity contribution in [3.8, 4) is 0 Å². The lowest BCUT2D eigenvalue weighted by Gasteiger charge is -2.17. The maximum absolute atomic E-state index is 12.3. The molecular weight excluding hydrogens is 308 g/mol. The highest BCUT2D eigenvalue weighted by molar-refractivity contribution is 5.98. The first-order valence-corrected chi connectivity index (χ1v) is 8.49. The van der Waals surface area contributed by atoms with E-state index in [0.717, 1.165) is 12.8 Å². The summed E-state index contributed by atoms with van der Waals surface area (Å²) in [6, 6.07) is 6.81. The van der Waals surface area contributed by atoms with Crippen molar-refractivity contribution in [2.75, 3.05) is 13.2 Å². The Kier molecular flexibility index (Phi) is 5.16. The number of hydrogen-bond acceptors (Lipinski definition) is 4. The third-order valence-corrected chi connectivity index (χ3v) is 4.79. The number of benzene rings is 1. The highest BCUT2D eigenvalue weighted by Gasteiger charge is 2.27. The normalized spacial score (nSPS) is 29.4. The van der Waals surface area contributed by atoms with Gasteiger partial charge in [-0.25, -0.2) is 0 Å². The van der Waals surface area contributed by atoms with E-state index >= 15 is 0 Å². The first kappa shape index (κ1) is 16.9. The van der Waals surface area contributed by atoms with Crippen LogP contribution in [-0.2, 0) is 9.47 Å². The second kappa shape index (κ2) is 7.32. The maximum Gasteiger partial charge on any atom is 0.251 e. The molecule has 2 heterocycles. The van der Waals surface area contributed by atoms with Crippen LogP contribution in [0.25, 0.3) is 0 Å². The van der Waals surface area contributed by atoms with Gasteiger partial charge in [0.1, 0.15) is 0 Å². The number of amides is 2. The van der Waals surface area contributed by atoms with E-state index in [0.29, 0.717) is 24.3 Å². The van der Waals surface area contributed by atoms with E-state index in [1.165, 1.54) is 0 Å². The first-order chi connectivity index (χ1) is 11.5. The van der Waals surface area contributed by atoms with Gasteiger partial charge in [-0.2, -0.15) is 0 Å². The molecule has 0 spiro atoms. The van der Waals surface area contributed by atoms with E-state index in [-0.39, 0.29) is 36.1 Å². The molecule has 2 saturated heterocycles. The highest BCUT2D eigenvalue weighted by atomic mass is 16.5. The summed E-state index contributed by atoms with van der Waals surface area (Å²) in [5.74, 6) is -0.274. The zero-order valence-electron chi connectivity index (χ0n) is 14.1. The SMILES string of the molecule is C[C@@H]1OCC[C@@H]1NC(=O)c1ccc(C(=O)N[C@H]2CCO[C@H]2C)cc1. The van der Waals surface area contributed by atoms with Crippen molar-refractivity contribution in [3.05, 3.63) is 35.4 Å². The number of hydrogen-bond donors (Lipinski definition) is 2. The van der Waals surface area contributed by atoms with Gasteiger partial charge >= 0.3 is 0 Å². The Hall–Kier alpha value is -1.92. The average molecular weight is 332 g/mol. The van der Waals surface area contributed by atoms with Crippen molar-refractivity contribution in [1.82, 2.24) is 10.6 Å². The lowest BCUT2D eigenvalue weighted by Crippen LogP contribution is -2.39. The fourth-order valence-electron chi connectivity index (χ4n) is 3.12. The molecule has 6 heteroatoms. The lowest BCUT2D eigenvalue weighted by molar-refractivity contribution is 0.0858. The average Bonchev–Trinajstić information content (AvgIpc) is 3.16. The van der Waals surface area contributed by atoms with Crippen LogP contribution in [0.3, 0.4) is 0 Å². The molecule has 24 heavy (non-hydrogen) atoms. The molecule has 4 atom stereocenters. The van der Waals surface area contributed by atoms with Gasteiger partial charge in [0.15, 0.2) is 0 Å². The second-order valence-corrected chi connectivity index (χ2v) is 6.47. The Morgan fingerprint density at radius 2 is 1.21 bits per heavy atom. The topological polar surface area (TPSA) is 76.7 Å². The van der Waals surface area contributed by atoms with Crippen LogP contribution in [0.4, 0.5) is 0 Å². The minimum Gasteiger partial charge on any atom is -0.376 e. The van der Waals surface area contributed by atoms with Gasteiger partial charge in [-0.3, -0.25) is 9.59 Å². The first-order valence-electron chi connectivity index (χ1n) is 8.49. The Morgan fingerprint density at radius 3 is 1.50 bits per heavy atom. The summed E-state index contributed by atoms with van der Waals surface area (Å²) < 4.78 is 10.9. The van der Waals surface area contributed by atoms with Crippen molar-refractivity contribution < 1.29 is 19.1 Å². The summed E-state index contributed by atoms with van der Waals surface area (Å²) in [6.07, 6.45) is 1.73. The molecule has 2 amide bonds. The van der Waals surface area contributed by atoms with Crippen molar-refractivity contribution in [1.29, 1.82) is 0 Å². The fourth-order valence-corrected chi connectivity index (χ4v) is 3.12. The molecule has 0 aromatic heterocycles. The molecule has 2 aliphatic rings. The summed E-state index contributed by atoms with van der Waals surface area (Å²) >= 11 is 0. The fraction of sp³-hybridized carbons (Fsp3) is 0.556. The summed E-state index contributed by atoms with van der Waals surface area (Å²) in [7, 11) is 0. The summed E-state index contributed by atoms with van der Waals surface area (Å²) in [5.41, 5.74) is 1.09.